The number of nitrogen functional groups attached to an aromatic ring is 1. The number of nitrogens with zero attached hydrogens (tertiary/aromatic N) is 1. The van der Waals surface area contributed by atoms with E-state index in [0.29, 0.717) is 17.9 Å². The van der Waals surface area contributed by atoms with Gasteiger partial charge in [0.1, 0.15) is 5.82 Å². The largest absolute Gasteiger partial charge is 0.384 e. The maximum Gasteiger partial charge on any atom is 0.224 e. The van der Waals surface area contributed by atoms with E-state index >= 15 is 0 Å². The van der Waals surface area contributed by atoms with Gasteiger partial charge in [0, 0.05) is 6.42 Å². The highest BCUT2D eigenvalue weighted by atomic mass is 35.5. The lowest BCUT2D eigenvalue weighted by Gasteiger charge is -2.04. The average Bonchev–Trinajstić information content (AvgIpc) is 3.02. The number of carbonyl (C=O) groups excluding carboxylic acids is 1. The first-order valence-corrected chi connectivity index (χ1v) is 5.25. The molecular formula is C11H16ClN3O. The standard InChI is InChI=1S/C11H15N3O.ClH/c12-10-5-4-9(7-13-10)14-11(15)6-3-8-1-2-8;/h4-5,7-8H,1-3,6H2,(H2,12,13)(H,14,15);1H. The highest BCUT2D eigenvalue weighted by Crippen LogP contribution is 2.33. The Morgan fingerprint density at radius 3 is 2.81 bits per heavy atom. The lowest BCUT2D eigenvalue weighted by Crippen LogP contribution is -2.11. The number of nitrogens with one attached hydrogen (secondary N) is 1. The third-order valence-corrected chi connectivity index (χ3v) is 2.55. The molecule has 3 N–H and O–H groups in total. The number of hydrogen-bond acceptors (Lipinski definition) is 3. The Labute approximate surface area is 101 Å². The van der Waals surface area contributed by atoms with Crippen molar-refractivity contribution in [2.75, 3.05) is 11.1 Å². The molecule has 0 aliphatic heterocycles. The van der Waals surface area contributed by atoms with Crippen molar-refractivity contribution in [3.05, 3.63) is 18.3 Å². The number of halogens is 1. The minimum absolute atomic E-state index is 0. The smallest absolute Gasteiger partial charge is 0.224 e. The van der Waals surface area contributed by atoms with Gasteiger partial charge in [0.05, 0.1) is 11.9 Å². The number of nitrogens with two attached hydrogens (primary N) is 1. The molecule has 1 fully saturated rings. The molecule has 4 nitrogen and oxygen atoms in total. The van der Waals surface area contributed by atoms with E-state index in [4.69, 9.17) is 5.73 Å². The summed E-state index contributed by atoms with van der Waals surface area (Å²) >= 11 is 0. The van der Waals surface area contributed by atoms with Crippen LogP contribution in [-0.4, -0.2) is 10.9 Å². The van der Waals surface area contributed by atoms with Crippen LogP contribution >= 0.6 is 12.4 Å². The van der Waals surface area contributed by atoms with Crippen molar-refractivity contribution in [2.45, 2.75) is 25.7 Å². The van der Waals surface area contributed by atoms with Crippen LogP contribution in [0.3, 0.4) is 0 Å². The molecular weight excluding hydrogens is 226 g/mol. The van der Waals surface area contributed by atoms with Crippen molar-refractivity contribution < 1.29 is 4.79 Å². The van der Waals surface area contributed by atoms with E-state index in [9.17, 15) is 4.79 Å². The maximum atomic E-state index is 11.5. The van der Waals surface area contributed by atoms with E-state index in [-0.39, 0.29) is 18.3 Å². The minimum atomic E-state index is 0. The summed E-state index contributed by atoms with van der Waals surface area (Å²) in [6.45, 7) is 0. The second-order valence-electron chi connectivity index (χ2n) is 4.00. The first kappa shape index (κ1) is 12.8. The molecule has 0 spiro atoms. The predicted molar refractivity (Wildman–Crippen MR) is 66.5 cm³/mol. The topological polar surface area (TPSA) is 68.0 Å². The van der Waals surface area contributed by atoms with E-state index in [2.05, 4.69) is 10.3 Å². The molecule has 0 aromatic carbocycles. The molecule has 1 amide bonds. The van der Waals surface area contributed by atoms with Crippen LogP contribution in [0.4, 0.5) is 11.5 Å². The van der Waals surface area contributed by atoms with Crippen LogP contribution in [0.1, 0.15) is 25.7 Å². The highest BCUT2D eigenvalue weighted by molar-refractivity contribution is 5.90. The Balaban J connectivity index is 0.00000128. The lowest BCUT2D eigenvalue weighted by molar-refractivity contribution is -0.116. The fourth-order valence-corrected chi connectivity index (χ4v) is 1.44. The van der Waals surface area contributed by atoms with Crippen LogP contribution in [0.25, 0.3) is 0 Å². The summed E-state index contributed by atoms with van der Waals surface area (Å²) < 4.78 is 0. The van der Waals surface area contributed by atoms with E-state index in [1.807, 2.05) is 0 Å². The van der Waals surface area contributed by atoms with E-state index < -0.39 is 0 Å². The summed E-state index contributed by atoms with van der Waals surface area (Å²) in [5.41, 5.74) is 6.15. The van der Waals surface area contributed by atoms with E-state index in [1.165, 1.54) is 12.8 Å². The van der Waals surface area contributed by atoms with Crippen molar-refractivity contribution in [3.8, 4) is 0 Å². The normalized spacial score (nSPS) is 14.0. The highest BCUT2D eigenvalue weighted by Gasteiger charge is 2.21. The molecule has 0 bridgehead atoms. The molecule has 16 heavy (non-hydrogen) atoms. The molecule has 1 aromatic rings. The van der Waals surface area contributed by atoms with Crippen LogP contribution in [-0.2, 0) is 4.79 Å². The summed E-state index contributed by atoms with van der Waals surface area (Å²) in [6.07, 6.45) is 5.76. The Morgan fingerprint density at radius 1 is 1.50 bits per heavy atom. The van der Waals surface area contributed by atoms with Gasteiger partial charge in [-0.05, 0) is 24.5 Å². The predicted octanol–water partition coefficient (Wildman–Crippen LogP) is 2.21. The van der Waals surface area contributed by atoms with Gasteiger partial charge in [-0.2, -0.15) is 0 Å². The van der Waals surface area contributed by atoms with Crippen molar-refractivity contribution in [3.63, 3.8) is 0 Å². The van der Waals surface area contributed by atoms with Crippen LogP contribution in [0.5, 0.6) is 0 Å². The van der Waals surface area contributed by atoms with Gasteiger partial charge >= 0.3 is 0 Å². The molecule has 0 radical (unpaired) electrons. The molecule has 2 rings (SSSR count). The molecule has 1 saturated carbocycles. The summed E-state index contributed by atoms with van der Waals surface area (Å²) in [6, 6.07) is 3.44. The van der Waals surface area contributed by atoms with Gasteiger partial charge in [-0.15, -0.1) is 12.4 Å². The van der Waals surface area contributed by atoms with Crippen molar-refractivity contribution in [2.24, 2.45) is 5.92 Å². The Hall–Kier alpha value is -1.29. The molecule has 88 valence electrons. The molecule has 0 saturated heterocycles. The molecule has 5 heteroatoms. The van der Waals surface area contributed by atoms with Gasteiger partial charge in [-0.3, -0.25) is 4.79 Å². The van der Waals surface area contributed by atoms with Gasteiger partial charge in [0.25, 0.3) is 0 Å². The summed E-state index contributed by atoms with van der Waals surface area (Å²) in [5, 5.41) is 2.80. The molecule has 0 unspecified atom stereocenters. The lowest BCUT2D eigenvalue weighted by atomic mass is 10.2. The molecule has 1 heterocycles. The zero-order chi connectivity index (χ0) is 10.7. The SMILES string of the molecule is Cl.Nc1ccc(NC(=O)CCC2CC2)cn1. The molecule has 1 aliphatic rings. The van der Waals surface area contributed by atoms with Gasteiger partial charge in [-0.1, -0.05) is 12.8 Å². The number of hydrogen-bond donors (Lipinski definition) is 2. The van der Waals surface area contributed by atoms with E-state index in [1.54, 1.807) is 18.3 Å². The second-order valence-corrected chi connectivity index (χ2v) is 4.00. The third kappa shape index (κ3) is 4.06. The summed E-state index contributed by atoms with van der Waals surface area (Å²) in [7, 11) is 0. The minimum Gasteiger partial charge on any atom is -0.384 e. The first-order chi connectivity index (χ1) is 7.24. The zero-order valence-electron chi connectivity index (χ0n) is 8.98. The Morgan fingerprint density at radius 2 is 2.25 bits per heavy atom. The van der Waals surface area contributed by atoms with Crippen LogP contribution in [0.15, 0.2) is 18.3 Å². The molecule has 1 aromatic heterocycles. The van der Waals surface area contributed by atoms with Crippen molar-refractivity contribution in [1.29, 1.82) is 0 Å². The number of carbonyl (C=O) groups is 1. The van der Waals surface area contributed by atoms with Crippen molar-refractivity contribution in [1.82, 2.24) is 4.98 Å². The number of anilines is 2. The van der Waals surface area contributed by atoms with Crippen molar-refractivity contribution >= 4 is 29.8 Å². The van der Waals surface area contributed by atoms with Crippen LogP contribution < -0.4 is 11.1 Å². The average molecular weight is 242 g/mol. The maximum absolute atomic E-state index is 11.5. The monoisotopic (exact) mass is 241 g/mol. The quantitative estimate of drug-likeness (QED) is 0.849. The second kappa shape index (κ2) is 5.70. The number of amides is 1. The van der Waals surface area contributed by atoms with E-state index in [0.717, 1.165) is 12.3 Å². The zero-order valence-corrected chi connectivity index (χ0v) is 9.80. The fraction of sp³-hybridized carbons (Fsp3) is 0.455. The summed E-state index contributed by atoms with van der Waals surface area (Å²) in [5.74, 6) is 1.32. The van der Waals surface area contributed by atoms with Gasteiger partial charge in [-0.25, -0.2) is 4.98 Å². The third-order valence-electron chi connectivity index (χ3n) is 2.55. The van der Waals surface area contributed by atoms with Crippen LogP contribution in [0.2, 0.25) is 0 Å². The van der Waals surface area contributed by atoms with Gasteiger partial charge in [0.15, 0.2) is 0 Å². The summed E-state index contributed by atoms with van der Waals surface area (Å²) in [4.78, 5) is 15.4. The van der Waals surface area contributed by atoms with Gasteiger partial charge in [0.2, 0.25) is 5.91 Å². The molecule has 0 atom stereocenters. The van der Waals surface area contributed by atoms with Gasteiger partial charge < -0.3 is 11.1 Å². The number of aromatic nitrogens is 1. The first-order valence-electron chi connectivity index (χ1n) is 5.25. The number of rotatable bonds is 4. The molecule has 1 aliphatic carbocycles. The fourth-order valence-electron chi connectivity index (χ4n) is 1.44. The Kier molecular flexibility index (Phi) is 4.55. The Bertz CT molecular complexity index is 349. The van der Waals surface area contributed by atoms with Crippen LogP contribution in [0, 0.1) is 5.92 Å². The number of pyridine rings is 1.